The molecule has 4 nitrogen and oxygen atoms in total. The van der Waals surface area contributed by atoms with Gasteiger partial charge in [0.15, 0.2) is 0 Å². The van der Waals surface area contributed by atoms with Gasteiger partial charge in [-0.15, -0.1) is 4.72 Å². The van der Waals surface area contributed by atoms with Crippen LogP contribution >= 0.6 is 11.0 Å². The van der Waals surface area contributed by atoms with E-state index in [4.69, 9.17) is 9.11 Å². The van der Waals surface area contributed by atoms with Crippen LogP contribution in [-0.2, 0) is 0 Å². The molecule has 0 aromatic heterocycles. The molecular weight excluding hydrogens is 140 g/mol. The van der Waals surface area contributed by atoms with Crippen LogP contribution in [0.15, 0.2) is 0 Å². The fraction of sp³-hybridized carbons (Fsp3) is 1.00. The molecule has 0 saturated carbocycles. The van der Waals surface area contributed by atoms with Gasteiger partial charge in [-0.25, -0.2) is 15.3 Å². The molecule has 0 aliphatic heterocycles. The van der Waals surface area contributed by atoms with Crippen molar-refractivity contribution in [1.29, 1.82) is 0 Å². The van der Waals surface area contributed by atoms with Crippen LogP contribution in [0.25, 0.3) is 0 Å². The summed E-state index contributed by atoms with van der Waals surface area (Å²) in [5.41, 5.74) is 0. The summed E-state index contributed by atoms with van der Waals surface area (Å²) >= 11 is 0. The van der Waals surface area contributed by atoms with E-state index >= 15 is 0 Å². The van der Waals surface area contributed by atoms with E-state index in [1.54, 1.807) is 7.05 Å². The average molecular weight is 155 g/mol. The highest BCUT2D eigenvalue weighted by atomic mass is 32.3. The molecule has 0 fully saturated rings. The Bertz CT molecular complexity index is 88.6. The van der Waals surface area contributed by atoms with E-state index in [1.807, 2.05) is 6.92 Å². The van der Waals surface area contributed by atoms with Crippen molar-refractivity contribution in [3.05, 3.63) is 0 Å². The van der Waals surface area contributed by atoms with Crippen molar-refractivity contribution < 1.29 is 9.11 Å². The van der Waals surface area contributed by atoms with Crippen molar-refractivity contribution in [3.63, 3.8) is 0 Å². The number of rotatable bonds is 3. The summed E-state index contributed by atoms with van der Waals surface area (Å²) in [7, 11) is -0.269. The fourth-order valence-electron chi connectivity index (χ4n) is 0.383. The van der Waals surface area contributed by atoms with E-state index in [0.717, 1.165) is 0 Å². The molecule has 0 aliphatic carbocycles. The van der Waals surface area contributed by atoms with Crippen molar-refractivity contribution in [2.24, 2.45) is 0 Å². The van der Waals surface area contributed by atoms with Crippen molar-refractivity contribution in [2.75, 3.05) is 20.6 Å². The first-order valence-corrected chi connectivity index (χ1v) is 4.60. The first kappa shape index (κ1) is 9.19. The third-order valence-electron chi connectivity index (χ3n) is 1.29. The molecule has 1 radical (unpaired) electrons. The van der Waals surface area contributed by atoms with E-state index in [9.17, 15) is 0 Å². The molecule has 0 rings (SSSR count). The maximum absolute atomic E-state index is 9.05. The zero-order valence-corrected chi connectivity index (χ0v) is 7.00. The van der Waals surface area contributed by atoms with Crippen LogP contribution in [0.2, 0.25) is 0 Å². The summed E-state index contributed by atoms with van der Waals surface area (Å²) in [6, 6.07) is 0. The normalized spacial score (nSPS) is 14.4. The van der Waals surface area contributed by atoms with Gasteiger partial charge >= 0.3 is 0 Å². The molecule has 9 heavy (non-hydrogen) atoms. The Morgan fingerprint density at radius 2 is 2.00 bits per heavy atom. The molecule has 0 saturated heterocycles. The molecule has 0 spiro atoms. The van der Waals surface area contributed by atoms with Crippen LogP contribution in [0.5, 0.6) is 0 Å². The maximum Gasteiger partial charge on any atom is 0.0218 e. The van der Waals surface area contributed by atoms with Gasteiger partial charge in [0, 0.05) is 20.6 Å². The second kappa shape index (κ2) is 3.38. The third-order valence-corrected chi connectivity index (χ3v) is 3.23. The summed E-state index contributed by atoms with van der Waals surface area (Å²) < 4.78 is 23.0. The third kappa shape index (κ3) is 2.51. The van der Waals surface area contributed by atoms with Crippen LogP contribution in [-0.4, -0.2) is 34.1 Å². The van der Waals surface area contributed by atoms with Crippen LogP contribution < -0.4 is 4.72 Å². The second-order valence-electron chi connectivity index (χ2n) is 1.84. The Labute approximate surface area is 57.5 Å². The molecule has 2 N–H and O–H groups in total. The lowest BCUT2D eigenvalue weighted by Crippen LogP contribution is -2.27. The number of hydrogen-bond acceptors (Lipinski definition) is 3. The molecule has 0 aromatic carbocycles. The second-order valence-corrected chi connectivity index (χ2v) is 4.25. The predicted molar refractivity (Wildman–Crippen MR) is 42.0 cm³/mol. The fourth-order valence-corrected chi connectivity index (χ4v) is 1.15. The van der Waals surface area contributed by atoms with E-state index < -0.39 is 11.0 Å². The Balaban J connectivity index is 3.80. The molecule has 0 unspecified atom stereocenters. The van der Waals surface area contributed by atoms with Gasteiger partial charge in [-0.3, -0.25) is 0 Å². The average Bonchev–Trinajstić information content (AvgIpc) is 1.86. The summed E-state index contributed by atoms with van der Waals surface area (Å²) in [6.45, 7) is 2.45. The topological polar surface area (TPSA) is 57.8 Å². The molecule has 0 heterocycles. The van der Waals surface area contributed by atoms with Crippen molar-refractivity contribution >= 4 is 11.0 Å². The molecule has 0 aromatic rings. The summed E-state index contributed by atoms with van der Waals surface area (Å²) in [6.07, 6.45) is 0. The Morgan fingerprint density at radius 3 is 2.11 bits per heavy atom. The highest BCUT2D eigenvalue weighted by Crippen LogP contribution is 2.36. The largest absolute Gasteiger partial charge is 0.307 e. The smallest absolute Gasteiger partial charge is 0.0218 e. The van der Waals surface area contributed by atoms with E-state index in [-0.39, 0.29) is 0 Å². The Morgan fingerprint density at radius 1 is 1.56 bits per heavy atom. The standard InChI is InChI=1S/C4H15N2O2S/c1-4-6(3)9(7,8)5-2/h7-8H,4,9H2,1-3H3. The van der Waals surface area contributed by atoms with E-state index in [0.29, 0.717) is 6.54 Å². The van der Waals surface area contributed by atoms with Crippen LogP contribution in [0.3, 0.4) is 0 Å². The summed E-state index contributed by atoms with van der Waals surface area (Å²) in [5.74, 6) is 0. The van der Waals surface area contributed by atoms with Gasteiger partial charge in [0.25, 0.3) is 0 Å². The van der Waals surface area contributed by atoms with Gasteiger partial charge in [-0.1, -0.05) is 6.92 Å². The molecule has 59 valence electrons. The molecular formula is C4H15N2O2S. The van der Waals surface area contributed by atoms with E-state index in [1.165, 1.54) is 11.4 Å². The van der Waals surface area contributed by atoms with Crippen molar-refractivity contribution in [3.8, 4) is 0 Å². The van der Waals surface area contributed by atoms with Crippen molar-refractivity contribution in [2.45, 2.75) is 6.92 Å². The minimum absolute atomic E-state index is 0.608. The predicted octanol–water partition coefficient (Wildman–Crippen LogP) is 0.218. The molecule has 0 amide bonds. The Hall–Kier alpha value is 0.190. The number of nitrogens with zero attached hydrogens (tertiary/aromatic N) is 2. The minimum Gasteiger partial charge on any atom is -0.307 e. The van der Waals surface area contributed by atoms with Crippen LogP contribution in [0, 0.1) is 0 Å². The highest BCUT2D eigenvalue weighted by Gasteiger charge is 2.06. The lowest BCUT2D eigenvalue weighted by Gasteiger charge is -2.45. The van der Waals surface area contributed by atoms with Gasteiger partial charge in [0.05, 0.1) is 0 Å². The lowest BCUT2D eigenvalue weighted by molar-refractivity contribution is 0.381. The van der Waals surface area contributed by atoms with Gasteiger partial charge in [0.2, 0.25) is 0 Å². The first-order valence-electron chi connectivity index (χ1n) is 2.81. The van der Waals surface area contributed by atoms with Gasteiger partial charge < -0.3 is 9.11 Å². The highest BCUT2D eigenvalue weighted by molar-refractivity contribution is 8.20. The summed E-state index contributed by atoms with van der Waals surface area (Å²) in [4.78, 5) is 0. The van der Waals surface area contributed by atoms with Gasteiger partial charge in [-0.05, 0) is 0 Å². The molecule has 0 aliphatic rings. The molecule has 0 bridgehead atoms. The minimum atomic E-state index is -3.32. The SMILES string of the molecule is CCN(C)[SH2](O)(O)[N]C. The zero-order valence-electron chi connectivity index (χ0n) is 6.00. The number of hydrogen-bond donors (Lipinski definition) is 2. The van der Waals surface area contributed by atoms with Crippen LogP contribution in [0.4, 0.5) is 0 Å². The van der Waals surface area contributed by atoms with Gasteiger partial charge in [-0.2, -0.15) is 0 Å². The maximum atomic E-state index is 9.05. The lowest BCUT2D eigenvalue weighted by atomic mass is 10.8. The van der Waals surface area contributed by atoms with E-state index in [2.05, 4.69) is 4.72 Å². The van der Waals surface area contributed by atoms with Gasteiger partial charge in [0.1, 0.15) is 0 Å². The molecule has 5 heteroatoms. The van der Waals surface area contributed by atoms with Crippen LogP contribution in [0.1, 0.15) is 6.92 Å². The Kier molecular flexibility index (Phi) is 3.45. The summed E-state index contributed by atoms with van der Waals surface area (Å²) in [5, 5.41) is 0. The zero-order chi connectivity index (χ0) is 7.49. The first-order chi connectivity index (χ1) is 4.04. The molecule has 0 atom stereocenters. The van der Waals surface area contributed by atoms with Crippen molar-refractivity contribution in [1.82, 2.24) is 9.03 Å². The quantitative estimate of drug-likeness (QED) is 0.613. The monoisotopic (exact) mass is 155 g/mol.